The van der Waals surface area contributed by atoms with Crippen LogP contribution < -0.4 is 15.4 Å². The molecule has 2 aromatic carbocycles. The van der Waals surface area contributed by atoms with Crippen molar-refractivity contribution in [3.8, 4) is 5.75 Å². The van der Waals surface area contributed by atoms with Crippen LogP contribution >= 0.6 is 45.8 Å². The highest BCUT2D eigenvalue weighted by Gasteiger charge is 2.62. The fourth-order valence-electron chi connectivity index (χ4n) is 7.95. The lowest BCUT2D eigenvalue weighted by atomic mass is 9.57. The zero-order chi connectivity index (χ0) is 31.3. The number of ether oxygens (including phenoxy) is 1. The number of nitrogens with zero attached hydrogens (tertiary/aromatic N) is 2. The summed E-state index contributed by atoms with van der Waals surface area (Å²) in [6.07, 6.45) is 10.0. The number of benzene rings is 2. The average Bonchev–Trinajstić information content (AvgIpc) is 3.66. The van der Waals surface area contributed by atoms with Gasteiger partial charge in [-0.3, -0.25) is 9.59 Å². The number of carbonyl (C=O) groups is 3. The maximum absolute atomic E-state index is 14.5. The standard InChI is InChI=1S/C34H35Cl2IN4O4/c35-21-5-3-4-20(16-21)27-19-30(42)39-31(34(27)26-8-6-22(36)17-28(26)38-32(34)43)25-18-23(37)7-9-29(25)45-24-10-14-41(15-11-24)33(44)40-12-1-2-13-40/h3-9,17-18,20,24,27,31H,1-2,10-16,19H2,(H,38,43)(H,39,42)/t20?,27-,31+,34-/m0/s1. The highest BCUT2D eigenvalue weighted by Crippen LogP contribution is 2.58. The number of piperidine rings is 2. The van der Waals surface area contributed by atoms with E-state index in [1.165, 1.54) is 0 Å². The Balaban J connectivity index is 1.25. The van der Waals surface area contributed by atoms with Crippen LogP contribution in [0.25, 0.3) is 0 Å². The number of amides is 4. The number of carbonyl (C=O) groups excluding carboxylic acids is 3. The van der Waals surface area contributed by atoms with E-state index in [1.54, 1.807) is 12.1 Å². The highest BCUT2D eigenvalue weighted by molar-refractivity contribution is 14.1. The van der Waals surface area contributed by atoms with Gasteiger partial charge in [-0.05, 0) is 95.7 Å². The zero-order valence-electron chi connectivity index (χ0n) is 24.7. The Morgan fingerprint density at radius 2 is 1.73 bits per heavy atom. The summed E-state index contributed by atoms with van der Waals surface area (Å²) in [6, 6.07) is 10.9. The van der Waals surface area contributed by atoms with Crippen molar-refractivity contribution < 1.29 is 19.1 Å². The number of rotatable bonds is 4. The number of allylic oxidation sites excluding steroid dienone is 4. The molecule has 0 aromatic heterocycles. The summed E-state index contributed by atoms with van der Waals surface area (Å²) in [5, 5.41) is 7.58. The van der Waals surface area contributed by atoms with Crippen LogP contribution in [0, 0.1) is 15.4 Å². The van der Waals surface area contributed by atoms with Crippen molar-refractivity contribution in [2.75, 3.05) is 31.5 Å². The first-order valence-corrected chi connectivity index (χ1v) is 17.5. The molecule has 8 nitrogen and oxygen atoms in total. The van der Waals surface area contributed by atoms with Gasteiger partial charge < -0.3 is 25.2 Å². The van der Waals surface area contributed by atoms with Gasteiger partial charge in [-0.25, -0.2) is 4.79 Å². The van der Waals surface area contributed by atoms with Gasteiger partial charge in [-0.1, -0.05) is 41.4 Å². The molecule has 1 spiro atoms. The summed E-state index contributed by atoms with van der Waals surface area (Å²) >= 11 is 15.2. The van der Waals surface area contributed by atoms with Gasteiger partial charge in [0.15, 0.2) is 0 Å². The molecule has 4 amide bonds. The molecule has 4 atom stereocenters. The number of urea groups is 1. The molecular weight excluding hydrogens is 726 g/mol. The molecule has 7 rings (SSSR count). The van der Waals surface area contributed by atoms with Crippen LogP contribution in [-0.2, 0) is 15.0 Å². The van der Waals surface area contributed by atoms with Crippen LogP contribution in [0.15, 0.2) is 59.7 Å². The first-order valence-electron chi connectivity index (χ1n) is 15.7. The predicted molar refractivity (Wildman–Crippen MR) is 183 cm³/mol. The molecule has 2 N–H and O–H groups in total. The maximum atomic E-state index is 14.5. The van der Waals surface area contributed by atoms with Crippen LogP contribution in [0.4, 0.5) is 10.5 Å². The molecule has 3 fully saturated rings. The second-order valence-electron chi connectivity index (χ2n) is 12.7. The van der Waals surface area contributed by atoms with Gasteiger partial charge in [0.1, 0.15) is 17.3 Å². The minimum absolute atomic E-state index is 0.105. The average molecular weight is 761 g/mol. The van der Waals surface area contributed by atoms with Gasteiger partial charge in [-0.2, -0.15) is 0 Å². The van der Waals surface area contributed by atoms with E-state index in [2.05, 4.69) is 39.3 Å². The minimum atomic E-state index is -1.13. The van der Waals surface area contributed by atoms with Crippen LogP contribution in [-0.4, -0.2) is 59.9 Å². The Kier molecular flexibility index (Phi) is 8.54. The molecular formula is C34H35Cl2IN4O4. The molecule has 0 bridgehead atoms. The molecule has 0 radical (unpaired) electrons. The van der Waals surface area contributed by atoms with Gasteiger partial charge in [0.2, 0.25) is 11.8 Å². The summed E-state index contributed by atoms with van der Waals surface area (Å²) < 4.78 is 7.69. The van der Waals surface area contributed by atoms with Crippen molar-refractivity contribution in [2.45, 2.75) is 56.1 Å². The summed E-state index contributed by atoms with van der Waals surface area (Å²) in [4.78, 5) is 44.9. The second kappa shape index (κ2) is 12.4. The van der Waals surface area contributed by atoms with Crippen molar-refractivity contribution in [1.82, 2.24) is 15.1 Å². The topological polar surface area (TPSA) is 91.0 Å². The van der Waals surface area contributed by atoms with Gasteiger partial charge in [0.05, 0.1) is 6.04 Å². The quantitative estimate of drug-likeness (QED) is 0.337. The Hall–Kier alpha value is -2.76. The zero-order valence-corrected chi connectivity index (χ0v) is 28.4. The third-order valence-corrected chi connectivity index (χ3v) is 11.2. The molecule has 3 saturated heterocycles. The Bertz CT molecular complexity index is 1600. The van der Waals surface area contributed by atoms with E-state index in [4.69, 9.17) is 27.9 Å². The van der Waals surface area contributed by atoms with Crippen molar-refractivity contribution >= 4 is 69.3 Å². The molecule has 0 saturated carbocycles. The predicted octanol–water partition coefficient (Wildman–Crippen LogP) is 6.77. The number of likely N-dealkylation sites (tertiary alicyclic amines) is 2. The van der Waals surface area contributed by atoms with Crippen molar-refractivity contribution in [1.29, 1.82) is 0 Å². The molecule has 4 heterocycles. The molecule has 1 aliphatic carbocycles. The molecule has 11 heteroatoms. The summed E-state index contributed by atoms with van der Waals surface area (Å²) in [5.41, 5.74) is 1.09. The number of anilines is 1. The normalized spacial score (nSPS) is 28.2. The van der Waals surface area contributed by atoms with Crippen molar-refractivity contribution in [3.05, 3.63) is 79.4 Å². The molecule has 1 unspecified atom stereocenters. The van der Waals surface area contributed by atoms with Crippen molar-refractivity contribution in [2.24, 2.45) is 11.8 Å². The van der Waals surface area contributed by atoms with E-state index in [1.807, 2.05) is 46.2 Å². The second-order valence-corrected chi connectivity index (χ2v) is 14.8. The van der Waals surface area contributed by atoms with E-state index in [0.717, 1.165) is 40.6 Å². The van der Waals surface area contributed by atoms with Crippen LogP contribution in [0.5, 0.6) is 5.75 Å². The Labute approximate surface area is 286 Å². The highest BCUT2D eigenvalue weighted by atomic mass is 127. The number of halogens is 3. The van der Waals surface area contributed by atoms with Gasteiger partial charge in [-0.15, -0.1) is 0 Å². The van der Waals surface area contributed by atoms with E-state index in [0.29, 0.717) is 53.8 Å². The summed E-state index contributed by atoms with van der Waals surface area (Å²) in [6.45, 7) is 2.92. The van der Waals surface area contributed by atoms with Crippen LogP contribution in [0.1, 0.15) is 55.7 Å². The number of hydrogen-bond donors (Lipinski definition) is 2. The third-order valence-electron chi connectivity index (χ3n) is 10.1. The van der Waals surface area contributed by atoms with E-state index in [9.17, 15) is 14.4 Å². The fourth-order valence-corrected chi connectivity index (χ4v) is 8.89. The van der Waals surface area contributed by atoms with Crippen molar-refractivity contribution in [3.63, 3.8) is 0 Å². The van der Waals surface area contributed by atoms with E-state index >= 15 is 0 Å². The first-order chi connectivity index (χ1) is 21.7. The monoisotopic (exact) mass is 760 g/mol. The van der Waals surface area contributed by atoms with Gasteiger partial charge in [0, 0.05) is 70.3 Å². The van der Waals surface area contributed by atoms with Gasteiger partial charge in [0.25, 0.3) is 0 Å². The number of hydrogen-bond acceptors (Lipinski definition) is 4. The number of nitrogens with one attached hydrogen (secondary N) is 2. The summed E-state index contributed by atoms with van der Waals surface area (Å²) in [5.74, 6) is -0.163. The SMILES string of the molecule is O=C1C[C@@H](C2C=CC=C(Cl)C2)[C@]2(C(=O)Nc3cc(Cl)ccc32)[C@@H](c2cc(I)ccc2OC2CCN(C(=O)N3CCCC3)CC2)N1. The van der Waals surface area contributed by atoms with Crippen LogP contribution in [0.2, 0.25) is 5.02 Å². The van der Waals surface area contributed by atoms with Gasteiger partial charge >= 0.3 is 6.03 Å². The molecule has 2 aromatic rings. The maximum Gasteiger partial charge on any atom is 0.320 e. The fraction of sp³-hybridized carbons (Fsp3) is 0.441. The Morgan fingerprint density at radius 1 is 0.978 bits per heavy atom. The van der Waals surface area contributed by atoms with E-state index in [-0.39, 0.29) is 42.2 Å². The Morgan fingerprint density at radius 3 is 2.49 bits per heavy atom. The molecule has 4 aliphatic heterocycles. The molecule has 236 valence electrons. The smallest absolute Gasteiger partial charge is 0.320 e. The first kappa shape index (κ1) is 30.9. The lowest BCUT2D eigenvalue weighted by Gasteiger charge is -2.49. The lowest BCUT2D eigenvalue weighted by molar-refractivity contribution is -0.135. The third kappa shape index (κ3) is 5.63. The summed E-state index contributed by atoms with van der Waals surface area (Å²) in [7, 11) is 0. The lowest BCUT2D eigenvalue weighted by Crippen LogP contribution is -2.59. The number of fused-ring (bicyclic) bond motifs is 2. The molecule has 45 heavy (non-hydrogen) atoms. The van der Waals surface area contributed by atoms with Crippen LogP contribution in [0.3, 0.4) is 0 Å². The minimum Gasteiger partial charge on any atom is -0.490 e. The van der Waals surface area contributed by atoms with E-state index < -0.39 is 11.5 Å². The molecule has 5 aliphatic rings. The largest absolute Gasteiger partial charge is 0.490 e.